The summed E-state index contributed by atoms with van der Waals surface area (Å²) < 4.78 is 0. The Morgan fingerprint density at radius 3 is 2.85 bits per heavy atom. The van der Waals surface area contributed by atoms with Crippen molar-refractivity contribution >= 4 is 11.9 Å². The first-order valence-electron chi connectivity index (χ1n) is 4.35. The monoisotopic (exact) mass is 186 g/mol. The Labute approximate surface area is 76.5 Å². The van der Waals surface area contributed by atoms with Gasteiger partial charge in [0.25, 0.3) is 0 Å². The smallest absolute Gasteiger partial charge is 0.308 e. The van der Waals surface area contributed by atoms with Crippen LogP contribution in [0.15, 0.2) is 0 Å². The van der Waals surface area contributed by atoms with E-state index >= 15 is 0 Å². The second-order valence-electron chi connectivity index (χ2n) is 3.22. The van der Waals surface area contributed by atoms with Gasteiger partial charge in [-0.15, -0.1) is 0 Å². The zero-order valence-electron chi connectivity index (χ0n) is 7.40. The van der Waals surface area contributed by atoms with Gasteiger partial charge in [-0.25, -0.2) is 0 Å². The molecule has 0 spiro atoms. The van der Waals surface area contributed by atoms with E-state index in [9.17, 15) is 9.59 Å². The van der Waals surface area contributed by atoms with E-state index in [1.165, 1.54) is 0 Å². The topological polar surface area (TPSA) is 83.6 Å². The van der Waals surface area contributed by atoms with Crippen molar-refractivity contribution < 1.29 is 14.7 Å². The Morgan fingerprint density at radius 2 is 2.38 bits per heavy atom. The highest BCUT2D eigenvalue weighted by Gasteiger charge is 2.33. The molecule has 74 valence electrons. The fourth-order valence-electron chi connectivity index (χ4n) is 1.44. The molecule has 5 heteroatoms. The third-order valence-corrected chi connectivity index (χ3v) is 2.20. The van der Waals surface area contributed by atoms with Gasteiger partial charge in [0.2, 0.25) is 5.91 Å². The lowest BCUT2D eigenvalue weighted by Gasteiger charge is -2.14. The third kappa shape index (κ3) is 2.42. The van der Waals surface area contributed by atoms with Gasteiger partial charge in [-0.05, 0) is 13.0 Å². The molecular formula is C8H14N2O3. The Bertz CT molecular complexity index is 217. The Kier molecular flexibility index (Phi) is 3.25. The summed E-state index contributed by atoms with van der Waals surface area (Å²) >= 11 is 0. The number of amides is 1. The van der Waals surface area contributed by atoms with E-state index in [1.807, 2.05) is 0 Å². The van der Waals surface area contributed by atoms with Crippen molar-refractivity contribution in [2.45, 2.75) is 12.8 Å². The molecule has 0 aromatic carbocycles. The number of carboxylic acids is 1. The van der Waals surface area contributed by atoms with Gasteiger partial charge < -0.3 is 15.7 Å². The minimum atomic E-state index is -0.886. The summed E-state index contributed by atoms with van der Waals surface area (Å²) in [6.07, 6.45) is 0.873. The van der Waals surface area contributed by atoms with E-state index in [0.29, 0.717) is 19.6 Å². The number of hydrogen-bond donors (Lipinski definition) is 2. The quantitative estimate of drug-likeness (QED) is 0.606. The maximum absolute atomic E-state index is 11.2. The molecule has 0 aromatic rings. The summed E-state index contributed by atoms with van der Waals surface area (Å²) in [5, 5.41) is 8.67. The molecule has 0 bridgehead atoms. The van der Waals surface area contributed by atoms with Crippen LogP contribution in [0.25, 0.3) is 0 Å². The van der Waals surface area contributed by atoms with Crippen LogP contribution >= 0.6 is 0 Å². The second kappa shape index (κ2) is 4.23. The summed E-state index contributed by atoms with van der Waals surface area (Å²) in [4.78, 5) is 23.4. The summed E-state index contributed by atoms with van der Waals surface area (Å²) in [5.41, 5.74) is 5.29. The van der Waals surface area contributed by atoms with Gasteiger partial charge in [-0.1, -0.05) is 0 Å². The molecule has 1 fully saturated rings. The minimum absolute atomic E-state index is 0.0687. The summed E-state index contributed by atoms with van der Waals surface area (Å²) in [7, 11) is 0. The molecule has 1 heterocycles. The van der Waals surface area contributed by atoms with Crippen molar-refractivity contribution in [1.29, 1.82) is 0 Å². The lowest BCUT2D eigenvalue weighted by molar-refractivity contribution is -0.141. The highest BCUT2D eigenvalue weighted by atomic mass is 16.4. The molecule has 1 saturated heterocycles. The average Bonchev–Trinajstić information content (AvgIpc) is 2.44. The Morgan fingerprint density at radius 1 is 1.69 bits per heavy atom. The molecule has 5 nitrogen and oxygen atoms in total. The normalized spacial score (nSPS) is 22.4. The largest absolute Gasteiger partial charge is 0.481 e. The third-order valence-electron chi connectivity index (χ3n) is 2.20. The van der Waals surface area contributed by atoms with Gasteiger partial charge in [-0.2, -0.15) is 0 Å². The summed E-state index contributed by atoms with van der Waals surface area (Å²) in [6.45, 7) is 1.45. The van der Waals surface area contributed by atoms with Crippen LogP contribution in [0, 0.1) is 5.92 Å². The Hall–Kier alpha value is -1.10. The lowest BCUT2D eigenvalue weighted by Crippen LogP contribution is -2.28. The molecule has 1 aliphatic rings. The highest BCUT2D eigenvalue weighted by Crippen LogP contribution is 2.17. The molecule has 0 radical (unpaired) electrons. The molecular weight excluding hydrogens is 172 g/mol. The lowest BCUT2D eigenvalue weighted by atomic mass is 10.1. The predicted molar refractivity (Wildman–Crippen MR) is 46.0 cm³/mol. The number of carbonyl (C=O) groups is 2. The van der Waals surface area contributed by atoms with Crippen molar-refractivity contribution in [3.63, 3.8) is 0 Å². The van der Waals surface area contributed by atoms with Gasteiger partial charge in [0.05, 0.1) is 5.92 Å². The Balaban J connectivity index is 2.42. The van der Waals surface area contributed by atoms with E-state index in [2.05, 4.69) is 0 Å². The van der Waals surface area contributed by atoms with E-state index < -0.39 is 11.9 Å². The molecule has 0 saturated carbocycles. The number of nitrogens with zero attached hydrogens (tertiary/aromatic N) is 1. The van der Waals surface area contributed by atoms with Crippen LogP contribution in [0.2, 0.25) is 0 Å². The fourth-order valence-corrected chi connectivity index (χ4v) is 1.44. The molecule has 0 aromatic heterocycles. The maximum Gasteiger partial charge on any atom is 0.308 e. The maximum atomic E-state index is 11.2. The number of nitrogens with two attached hydrogens (primary N) is 1. The van der Waals surface area contributed by atoms with Crippen LogP contribution in [-0.4, -0.2) is 41.5 Å². The van der Waals surface area contributed by atoms with Crippen LogP contribution in [0.5, 0.6) is 0 Å². The number of likely N-dealkylation sites (tertiary alicyclic amines) is 1. The molecule has 1 atom stereocenters. The highest BCUT2D eigenvalue weighted by molar-refractivity contribution is 5.86. The van der Waals surface area contributed by atoms with Crippen molar-refractivity contribution in [3.05, 3.63) is 0 Å². The minimum Gasteiger partial charge on any atom is -0.481 e. The van der Waals surface area contributed by atoms with Gasteiger partial charge in [0.15, 0.2) is 0 Å². The van der Waals surface area contributed by atoms with Gasteiger partial charge in [0.1, 0.15) is 0 Å². The molecule has 1 amide bonds. The summed E-state index contributed by atoms with van der Waals surface area (Å²) in [5.74, 6) is -1.48. The summed E-state index contributed by atoms with van der Waals surface area (Å²) in [6, 6.07) is 0. The van der Waals surface area contributed by atoms with E-state index in [0.717, 1.165) is 6.42 Å². The van der Waals surface area contributed by atoms with E-state index in [-0.39, 0.29) is 12.3 Å². The zero-order valence-corrected chi connectivity index (χ0v) is 7.40. The second-order valence-corrected chi connectivity index (χ2v) is 3.22. The number of carbonyl (C=O) groups excluding carboxylic acids is 1. The van der Waals surface area contributed by atoms with Gasteiger partial charge in [0, 0.05) is 19.5 Å². The van der Waals surface area contributed by atoms with E-state index in [4.69, 9.17) is 10.8 Å². The SMILES string of the molecule is NCCCN1C[C@H](C(=O)O)CC1=O. The standard InChI is InChI=1S/C8H14N2O3/c9-2-1-3-10-5-6(8(12)13)4-7(10)11/h6H,1-5,9H2,(H,12,13)/t6-/m1/s1. The number of rotatable bonds is 4. The zero-order chi connectivity index (χ0) is 9.84. The van der Waals surface area contributed by atoms with Gasteiger partial charge in [-0.3, -0.25) is 9.59 Å². The van der Waals surface area contributed by atoms with Crippen LogP contribution < -0.4 is 5.73 Å². The number of hydrogen-bond acceptors (Lipinski definition) is 3. The molecule has 1 rings (SSSR count). The first-order valence-corrected chi connectivity index (χ1v) is 4.35. The fraction of sp³-hybridized carbons (Fsp3) is 0.750. The van der Waals surface area contributed by atoms with Crippen LogP contribution in [0.3, 0.4) is 0 Å². The van der Waals surface area contributed by atoms with Crippen molar-refractivity contribution in [2.75, 3.05) is 19.6 Å². The van der Waals surface area contributed by atoms with Crippen molar-refractivity contribution in [3.8, 4) is 0 Å². The molecule has 13 heavy (non-hydrogen) atoms. The molecule has 0 unspecified atom stereocenters. The van der Waals surface area contributed by atoms with Crippen molar-refractivity contribution in [2.24, 2.45) is 11.7 Å². The molecule has 3 N–H and O–H groups in total. The molecule has 1 aliphatic heterocycles. The van der Waals surface area contributed by atoms with Gasteiger partial charge >= 0.3 is 5.97 Å². The van der Waals surface area contributed by atoms with Crippen LogP contribution in [0.1, 0.15) is 12.8 Å². The first kappa shape index (κ1) is 9.98. The predicted octanol–water partition coefficient (Wildman–Crippen LogP) is -0.732. The first-order chi connectivity index (χ1) is 6.15. The van der Waals surface area contributed by atoms with Crippen LogP contribution in [-0.2, 0) is 9.59 Å². The number of aliphatic carboxylic acids is 1. The number of carboxylic acid groups (broad SMARTS) is 1. The van der Waals surface area contributed by atoms with Crippen LogP contribution in [0.4, 0.5) is 0 Å². The molecule has 0 aliphatic carbocycles. The average molecular weight is 186 g/mol. The van der Waals surface area contributed by atoms with E-state index in [1.54, 1.807) is 4.90 Å². The van der Waals surface area contributed by atoms with Crippen molar-refractivity contribution in [1.82, 2.24) is 4.90 Å².